The molecular weight excluding hydrogens is 277 g/mol. The van der Waals surface area contributed by atoms with Gasteiger partial charge in [0.2, 0.25) is 5.91 Å². The van der Waals surface area contributed by atoms with Crippen LogP contribution >= 0.6 is 0 Å². The number of piperidine rings is 1. The highest BCUT2D eigenvalue weighted by Crippen LogP contribution is 2.45. The molecule has 0 aliphatic carbocycles. The van der Waals surface area contributed by atoms with Crippen molar-refractivity contribution in [3.63, 3.8) is 0 Å². The zero-order valence-electron chi connectivity index (χ0n) is 9.88. The third kappa shape index (κ3) is 3.13. The highest BCUT2D eigenvalue weighted by molar-refractivity contribution is 5.76. The maximum absolute atomic E-state index is 13.2. The summed E-state index contributed by atoms with van der Waals surface area (Å²) in [6.45, 7) is -0.159. The summed E-state index contributed by atoms with van der Waals surface area (Å²) in [7, 11) is 0. The van der Waals surface area contributed by atoms with Gasteiger partial charge in [-0.05, 0) is 6.42 Å². The van der Waals surface area contributed by atoms with E-state index < -0.39 is 48.8 Å². The highest BCUT2D eigenvalue weighted by Gasteiger charge is 2.63. The van der Waals surface area contributed by atoms with Crippen molar-refractivity contribution >= 4 is 11.9 Å². The van der Waals surface area contributed by atoms with Gasteiger partial charge in [0.1, 0.15) is 0 Å². The molecule has 1 aliphatic rings. The summed E-state index contributed by atoms with van der Waals surface area (Å²) in [5, 5.41) is 8.76. The highest BCUT2D eigenvalue weighted by atomic mass is 19.4. The largest absolute Gasteiger partial charge is 0.481 e. The minimum atomic E-state index is -5.76. The van der Waals surface area contributed by atoms with Gasteiger partial charge >= 0.3 is 18.1 Å². The Bertz CT molecular complexity index is 360. The standard InChI is InChI=1S/C10H12F5NO3/c1-5(17)16-3-6(8(18)19)2-7(4-16)9(11,12)10(13,14)15/h6-7H,2-4H2,1H3,(H,18,19). The lowest BCUT2D eigenvalue weighted by Gasteiger charge is -2.39. The number of carboxylic acids is 1. The molecule has 0 bridgehead atoms. The number of likely N-dealkylation sites (tertiary alicyclic amines) is 1. The lowest BCUT2D eigenvalue weighted by molar-refractivity contribution is -0.307. The molecule has 1 rings (SSSR count). The molecule has 1 aliphatic heterocycles. The fourth-order valence-corrected chi connectivity index (χ4v) is 2.03. The second-order valence-corrected chi connectivity index (χ2v) is 4.51. The van der Waals surface area contributed by atoms with E-state index in [1.165, 1.54) is 0 Å². The number of nitrogens with zero attached hydrogens (tertiary/aromatic N) is 1. The number of hydrogen-bond donors (Lipinski definition) is 1. The summed E-state index contributed by atoms with van der Waals surface area (Å²) >= 11 is 0. The van der Waals surface area contributed by atoms with Gasteiger partial charge in [0.25, 0.3) is 0 Å². The zero-order chi connectivity index (χ0) is 15.0. The van der Waals surface area contributed by atoms with Crippen molar-refractivity contribution in [1.29, 1.82) is 0 Å². The molecular formula is C10H12F5NO3. The van der Waals surface area contributed by atoms with Crippen molar-refractivity contribution < 1.29 is 36.6 Å². The van der Waals surface area contributed by atoms with Gasteiger partial charge in [0.15, 0.2) is 0 Å². The average molecular weight is 289 g/mol. The molecule has 4 nitrogen and oxygen atoms in total. The van der Waals surface area contributed by atoms with Crippen LogP contribution in [0.1, 0.15) is 13.3 Å². The molecule has 19 heavy (non-hydrogen) atoms. The SMILES string of the molecule is CC(=O)N1CC(C(=O)O)CC(C(F)(F)C(F)(F)F)C1. The summed E-state index contributed by atoms with van der Waals surface area (Å²) in [5.41, 5.74) is 0. The van der Waals surface area contributed by atoms with Crippen LogP contribution in [0.3, 0.4) is 0 Å². The molecule has 1 N–H and O–H groups in total. The van der Waals surface area contributed by atoms with E-state index in [4.69, 9.17) is 5.11 Å². The van der Waals surface area contributed by atoms with Crippen LogP contribution in [-0.2, 0) is 9.59 Å². The zero-order valence-corrected chi connectivity index (χ0v) is 9.88. The second-order valence-electron chi connectivity index (χ2n) is 4.51. The molecule has 2 atom stereocenters. The van der Waals surface area contributed by atoms with Crippen LogP contribution in [0.4, 0.5) is 22.0 Å². The van der Waals surface area contributed by atoms with E-state index >= 15 is 0 Å². The molecule has 0 aromatic heterocycles. The summed E-state index contributed by atoms with van der Waals surface area (Å²) in [4.78, 5) is 22.6. The number of alkyl halides is 5. The van der Waals surface area contributed by atoms with Crippen molar-refractivity contribution in [2.24, 2.45) is 11.8 Å². The number of rotatable bonds is 2. The summed E-state index contributed by atoms with van der Waals surface area (Å²) < 4.78 is 63.3. The molecule has 110 valence electrons. The molecule has 9 heteroatoms. The second kappa shape index (κ2) is 4.93. The van der Waals surface area contributed by atoms with Crippen LogP contribution in [0.15, 0.2) is 0 Å². The Hall–Kier alpha value is -1.41. The molecule has 1 heterocycles. The van der Waals surface area contributed by atoms with Gasteiger partial charge in [-0.2, -0.15) is 22.0 Å². The molecule has 0 saturated carbocycles. The monoisotopic (exact) mass is 289 g/mol. The fraction of sp³-hybridized carbons (Fsp3) is 0.800. The van der Waals surface area contributed by atoms with E-state index in [1.54, 1.807) is 0 Å². The van der Waals surface area contributed by atoms with Crippen LogP contribution in [0.25, 0.3) is 0 Å². The van der Waals surface area contributed by atoms with E-state index in [2.05, 4.69) is 0 Å². The van der Waals surface area contributed by atoms with E-state index in [1.807, 2.05) is 0 Å². The van der Waals surface area contributed by atoms with Crippen LogP contribution in [0, 0.1) is 11.8 Å². The molecule has 1 amide bonds. The smallest absolute Gasteiger partial charge is 0.453 e. The van der Waals surface area contributed by atoms with Crippen LogP contribution < -0.4 is 0 Å². The first kappa shape index (κ1) is 15.6. The lowest BCUT2D eigenvalue weighted by atomic mass is 9.84. The Labute approximate surface area is 105 Å². The molecule has 0 aromatic carbocycles. The van der Waals surface area contributed by atoms with E-state index in [9.17, 15) is 31.5 Å². The minimum absolute atomic E-state index is 0.352. The number of carbonyl (C=O) groups is 2. The number of halogens is 5. The minimum Gasteiger partial charge on any atom is -0.481 e. The number of amides is 1. The Balaban J connectivity index is 3.00. The van der Waals surface area contributed by atoms with Gasteiger partial charge in [0, 0.05) is 20.0 Å². The van der Waals surface area contributed by atoms with Gasteiger partial charge in [0.05, 0.1) is 11.8 Å². The fourth-order valence-electron chi connectivity index (χ4n) is 2.03. The quantitative estimate of drug-likeness (QED) is 0.788. The molecule has 1 saturated heterocycles. The van der Waals surface area contributed by atoms with Crippen molar-refractivity contribution in [1.82, 2.24) is 4.90 Å². The predicted molar refractivity (Wildman–Crippen MR) is 52.5 cm³/mol. The van der Waals surface area contributed by atoms with Gasteiger partial charge in [-0.3, -0.25) is 9.59 Å². The van der Waals surface area contributed by atoms with Gasteiger partial charge < -0.3 is 10.0 Å². The first-order valence-electron chi connectivity index (χ1n) is 5.39. The van der Waals surface area contributed by atoms with Crippen molar-refractivity contribution in [3.8, 4) is 0 Å². The van der Waals surface area contributed by atoms with Crippen LogP contribution in [0.5, 0.6) is 0 Å². The first-order chi connectivity index (χ1) is 8.46. The normalized spacial score (nSPS) is 25.3. The molecule has 0 aromatic rings. The van der Waals surface area contributed by atoms with Gasteiger partial charge in [-0.1, -0.05) is 0 Å². The van der Waals surface area contributed by atoms with Crippen LogP contribution in [-0.4, -0.2) is 47.1 Å². The van der Waals surface area contributed by atoms with Crippen molar-refractivity contribution in [2.45, 2.75) is 25.4 Å². The summed E-state index contributed by atoms with van der Waals surface area (Å²) in [5.74, 6) is -10.9. The van der Waals surface area contributed by atoms with Gasteiger partial charge in [-0.15, -0.1) is 0 Å². The topological polar surface area (TPSA) is 57.6 Å². The number of carbonyl (C=O) groups excluding carboxylic acids is 1. The molecule has 2 unspecified atom stereocenters. The van der Waals surface area contributed by atoms with E-state index in [-0.39, 0.29) is 6.54 Å². The Kier molecular flexibility index (Phi) is 4.06. The van der Waals surface area contributed by atoms with Gasteiger partial charge in [-0.25, -0.2) is 0 Å². The molecule has 1 fully saturated rings. The Morgan fingerprint density at radius 2 is 1.68 bits per heavy atom. The lowest BCUT2D eigenvalue weighted by Crippen LogP contribution is -2.54. The third-order valence-corrected chi connectivity index (χ3v) is 3.14. The maximum atomic E-state index is 13.2. The van der Waals surface area contributed by atoms with Crippen LogP contribution in [0.2, 0.25) is 0 Å². The number of carboxylic acid groups (broad SMARTS) is 1. The Morgan fingerprint density at radius 3 is 2.05 bits per heavy atom. The predicted octanol–water partition coefficient (Wildman–Crippen LogP) is 1.75. The summed E-state index contributed by atoms with van der Waals surface area (Å²) in [6.07, 6.45) is -6.58. The maximum Gasteiger partial charge on any atom is 0.453 e. The van der Waals surface area contributed by atoms with E-state index in [0.717, 1.165) is 6.92 Å². The average Bonchev–Trinajstić information content (AvgIpc) is 2.26. The number of hydrogen-bond acceptors (Lipinski definition) is 2. The molecule has 0 spiro atoms. The third-order valence-electron chi connectivity index (χ3n) is 3.14. The Morgan fingerprint density at radius 1 is 1.16 bits per heavy atom. The van der Waals surface area contributed by atoms with Crippen molar-refractivity contribution in [2.75, 3.05) is 13.1 Å². The molecule has 0 radical (unpaired) electrons. The van der Waals surface area contributed by atoms with E-state index in [0.29, 0.717) is 4.90 Å². The first-order valence-corrected chi connectivity index (χ1v) is 5.39. The number of aliphatic carboxylic acids is 1. The van der Waals surface area contributed by atoms with Crippen molar-refractivity contribution in [3.05, 3.63) is 0 Å². The summed E-state index contributed by atoms with van der Waals surface area (Å²) in [6, 6.07) is 0.